The zero-order valence-electron chi connectivity index (χ0n) is 17.3. The lowest BCUT2D eigenvalue weighted by Crippen LogP contribution is -2.37. The maximum absolute atomic E-state index is 12.9. The number of likely N-dealkylation sites (N-methyl/N-ethyl adjacent to an activating group) is 1. The van der Waals surface area contributed by atoms with Crippen molar-refractivity contribution in [1.29, 1.82) is 0 Å². The van der Waals surface area contributed by atoms with Crippen molar-refractivity contribution in [1.82, 2.24) is 19.6 Å². The average Bonchev–Trinajstić information content (AvgIpc) is 3.36. The highest BCUT2D eigenvalue weighted by Crippen LogP contribution is 2.29. The Hall–Kier alpha value is -2.44. The van der Waals surface area contributed by atoms with Crippen LogP contribution in [0.15, 0.2) is 47.2 Å². The predicted octanol–water partition coefficient (Wildman–Crippen LogP) is 3.68. The first-order valence-electron chi connectivity index (χ1n) is 10.1. The fourth-order valence-electron chi connectivity index (χ4n) is 4.12. The second kappa shape index (κ2) is 8.51. The summed E-state index contributed by atoms with van der Waals surface area (Å²) in [6.45, 7) is 1.65. The molecule has 6 heteroatoms. The smallest absolute Gasteiger partial charge is 0.274 e. The minimum atomic E-state index is -0.00537. The normalized spacial score (nSPS) is 16.1. The largest absolute Gasteiger partial charge is 0.343 e. The Morgan fingerprint density at radius 3 is 2.66 bits per heavy atom. The second-order valence-electron chi connectivity index (χ2n) is 8.06. The molecule has 4 rings (SSSR count). The average molecular weight is 409 g/mol. The Bertz CT molecular complexity index is 962. The van der Waals surface area contributed by atoms with E-state index in [4.69, 9.17) is 5.10 Å². The van der Waals surface area contributed by atoms with E-state index in [2.05, 4.69) is 45.6 Å². The SMILES string of the molecule is CN(C)C(=O)c1nn(Cc2ccccc2)c2c1CC(N(C)Cc1ccsc1)CC2. The van der Waals surface area contributed by atoms with Crippen molar-refractivity contribution in [3.05, 3.63) is 75.2 Å². The van der Waals surface area contributed by atoms with Crippen LogP contribution in [-0.4, -0.2) is 52.7 Å². The van der Waals surface area contributed by atoms with Crippen LogP contribution in [0.4, 0.5) is 0 Å². The van der Waals surface area contributed by atoms with E-state index in [-0.39, 0.29) is 5.91 Å². The summed E-state index contributed by atoms with van der Waals surface area (Å²) in [6, 6.07) is 13.0. The lowest BCUT2D eigenvalue weighted by molar-refractivity contribution is 0.0819. The van der Waals surface area contributed by atoms with Crippen LogP contribution in [0.3, 0.4) is 0 Å². The van der Waals surface area contributed by atoms with Gasteiger partial charge in [0.05, 0.1) is 6.54 Å². The zero-order valence-corrected chi connectivity index (χ0v) is 18.2. The summed E-state index contributed by atoms with van der Waals surface area (Å²) in [5, 5.41) is 9.13. The number of rotatable bonds is 6. The number of hydrogen-bond acceptors (Lipinski definition) is 4. The third-order valence-electron chi connectivity index (χ3n) is 5.74. The molecular weight excluding hydrogens is 380 g/mol. The number of fused-ring (bicyclic) bond motifs is 1. The fourth-order valence-corrected chi connectivity index (χ4v) is 4.78. The first kappa shape index (κ1) is 19.9. The molecule has 1 amide bonds. The highest BCUT2D eigenvalue weighted by atomic mass is 32.1. The van der Waals surface area contributed by atoms with E-state index in [0.717, 1.165) is 31.4 Å². The van der Waals surface area contributed by atoms with Crippen LogP contribution in [-0.2, 0) is 25.9 Å². The van der Waals surface area contributed by atoms with Crippen molar-refractivity contribution in [3.63, 3.8) is 0 Å². The molecule has 1 aliphatic rings. The summed E-state index contributed by atoms with van der Waals surface area (Å²) in [6.07, 6.45) is 2.91. The molecule has 2 heterocycles. The standard InChI is InChI=1S/C23H28N4OS/c1-25(2)23(28)22-20-13-19(26(3)14-18-11-12-29-16-18)9-10-21(20)27(24-22)15-17-7-5-4-6-8-17/h4-8,11-12,16,19H,9-10,13-15H2,1-3H3. The molecule has 1 aliphatic carbocycles. The molecule has 0 aliphatic heterocycles. The summed E-state index contributed by atoms with van der Waals surface area (Å²) in [5.41, 5.74) is 5.54. The van der Waals surface area contributed by atoms with Gasteiger partial charge in [-0.15, -0.1) is 0 Å². The maximum Gasteiger partial charge on any atom is 0.274 e. The van der Waals surface area contributed by atoms with Crippen molar-refractivity contribution in [2.75, 3.05) is 21.1 Å². The number of aromatic nitrogens is 2. The summed E-state index contributed by atoms with van der Waals surface area (Å²) in [7, 11) is 5.79. The fraction of sp³-hybridized carbons (Fsp3) is 0.391. The molecule has 0 bridgehead atoms. The quantitative estimate of drug-likeness (QED) is 0.625. The molecule has 5 nitrogen and oxygen atoms in total. The van der Waals surface area contributed by atoms with Crippen molar-refractivity contribution in [3.8, 4) is 0 Å². The maximum atomic E-state index is 12.9. The Morgan fingerprint density at radius 1 is 1.17 bits per heavy atom. The molecule has 1 aromatic carbocycles. The number of amides is 1. The Morgan fingerprint density at radius 2 is 1.97 bits per heavy atom. The van der Waals surface area contributed by atoms with Gasteiger partial charge in [-0.05, 0) is 54.3 Å². The molecule has 29 heavy (non-hydrogen) atoms. The van der Waals surface area contributed by atoms with E-state index < -0.39 is 0 Å². The van der Waals surface area contributed by atoms with Gasteiger partial charge in [0.1, 0.15) is 0 Å². The Kier molecular flexibility index (Phi) is 5.83. The van der Waals surface area contributed by atoms with E-state index in [9.17, 15) is 4.79 Å². The Balaban J connectivity index is 1.61. The van der Waals surface area contributed by atoms with E-state index in [1.165, 1.54) is 16.8 Å². The molecule has 0 N–H and O–H groups in total. The van der Waals surface area contributed by atoms with E-state index in [1.54, 1.807) is 30.3 Å². The molecule has 0 fully saturated rings. The summed E-state index contributed by atoms with van der Waals surface area (Å²) in [4.78, 5) is 16.9. The first-order chi connectivity index (χ1) is 14.0. The van der Waals surface area contributed by atoms with Crippen molar-refractivity contribution < 1.29 is 4.79 Å². The molecule has 152 valence electrons. The summed E-state index contributed by atoms with van der Waals surface area (Å²) in [5.74, 6) is -0.00537. The number of thiophene rings is 1. The van der Waals surface area contributed by atoms with Crippen LogP contribution in [0.25, 0.3) is 0 Å². The molecule has 0 spiro atoms. The first-order valence-corrected chi connectivity index (χ1v) is 11.0. The van der Waals surface area contributed by atoms with Gasteiger partial charge >= 0.3 is 0 Å². The van der Waals surface area contributed by atoms with Gasteiger partial charge in [-0.25, -0.2) is 0 Å². The lowest BCUT2D eigenvalue weighted by Gasteiger charge is -2.31. The Labute approximate surface area is 176 Å². The van der Waals surface area contributed by atoms with Gasteiger partial charge in [-0.3, -0.25) is 14.4 Å². The van der Waals surface area contributed by atoms with Gasteiger partial charge in [0.2, 0.25) is 0 Å². The van der Waals surface area contributed by atoms with Gasteiger partial charge in [0.15, 0.2) is 5.69 Å². The number of benzene rings is 1. The van der Waals surface area contributed by atoms with E-state index >= 15 is 0 Å². The number of nitrogens with zero attached hydrogens (tertiary/aromatic N) is 4. The van der Waals surface area contributed by atoms with E-state index in [1.807, 2.05) is 18.2 Å². The third-order valence-corrected chi connectivity index (χ3v) is 6.47. The zero-order chi connectivity index (χ0) is 20.4. The van der Waals surface area contributed by atoms with Gasteiger partial charge < -0.3 is 4.90 Å². The monoisotopic (exact) mass is 408 g/mol. The molecule has 0 saturated carbocycles. The van der Waals surface area contributed by atoms with Crippen LogP contribution >= 0.6 is 11.3 Å². The van der Waals surface area contributed by atoms with Crippen molar-refractivity contribution >= 4 is 17.2 Å². The summed E-state index contributed by atoms with van der Waals surface area (Å²) < 4.78 is 2.05. The van der Waals surface area contributed by atoms with Gasteiger partial charge in [-0.1, -0.05) is 30.3 Å². The van der Waals surface area contributed by atoms with Gasteiger partial charge in [0, 0.05) is 37.9 Å². The molecular formula is C23H28N4OS. The van der Waals surface area contributed by atoms with Crippen LogP contribution in [0.5, 0.6) is 0 Å². The highest BCUT2D eigenvalue weighted by Gasteiger charge is 2.31. The van der Waals surface area contributed by atoms with E-state index in [0.29, 0.717) is 18.3 Å². The predicted molar refractivity (Wildman–Crippen MR) is 117 cm³/mol. The molecule has 3 aromatic rings. The second-order valence-corrected chi connectivity index (χ2v) is 8.84. The molecule has 0 saturated heterocycles. The minimum absolute atomic E-state index is 0.00537. The molecule has 1 unspecified atom stereocenters. The molecule has 0 radical (unpaired) electrons. The topological polar surface area (TPSA) is 41.4 Å². The highest BCUT2D eigenvalue weighted by molar-refractivity contribution is 7.07. The lowest BCUT2D eigenvalue weighted by atomic mass is 9.90. The third kappa shape index (κ3) is 4.28. The van der Waals surface area contributed by atoms with Gasteiger partial charge in [0.25, 0.3) is 5.91 Å². The van der Waals surface area contributed by atoms with Gasteiger partial charge in [-0.2, -0.15) is 16.4 Å². The minimum Gasteiger partial charge on any atom is -0.343 e. The molecule has 1 atom stereocenters. The van der Waals surface area contributed by atoms with Crippen molar-refractivity contribution in [2.45, 2.75) is 38.4 Å². The number of carbonyl (C=O) groups is 1. The molecule has 2 aromatic heterocycles. The van der Waals surface area contributed by atoms with Crippen LogP contribution in [0.2, 0.25) is 0 Å². The van der Waals surface area contributed by atoms with Crippen LogP contribution < -0.4 is 0 Å². The van der Waals surface area contributed by atoms with Crippen molar-refractivity contribution in [2.24, 2.45) is 0 Å². The van der Waals surface area contributed by atoms with Crippen LogP contribution in [0.1, 0.15) is 39.3 Å². The summed E-state index contributed by atoms with van der Waals surface area (Å²) >= 11 is 1.74. The number of carbonyl (C=O) groups excluding carboxylic acids is 1. The number of hydrogen-bond donors (Lipinski definition) is 0. The van der Waals surface area contributed by atoms with Crippen LogP contribution in [0, 0.1) is 0 Å².